The molecule has 0 aromatic carbocycles. The molecule has 18 heavy (non-hydrogen) atoms. The molecule has 0 saturated heterocycles. The highest BCUT2D eigenvalue weighted by Gasteiger charge is 2.38. The number of nitrogens with one attached hydrogen (secondary N) is 1. The largest absolute Gasteiger partial charge is 0.481 e. The number of alkyl halides is 3. The molecule has 6 heteroatoms. The third-order valence-corrected chi connectivity index (χ3v) is 2.71. The van der Waals surface area contributed by atoms with Crippen LogP contribution in [0.2, 0.25) is 0 Å². The van der Waals surface area contributed by atoms with Crippen molar-refractivity contribution >= 4 is 0 Å². The average molecular weight is 260 g/mol. The minimum atomic E-state index is -4.35. The minimum Gasteiger partial charge on any atom is -0.481 e. The van der Waals surface area contributed by atoms with Gasteiger partial charge < -0.3 is 10.1 Å². The van der Waals surface area contributed by atoms with E-state index in [1.807, 2.05) is 0 Å². The van der Waals surface area contributed by atoms with Crippen LogP contribution in [0.3, 0.4) is 0 Å². The summed E-state index contributed by atoms with van der Waals surface area (Å²) in [7, 11) is 0. The second-order valence-electron chi connectivity index (χ2n) is 4.44. The van der Waals surface area contributed by atoms with E-state index in [-0.39, 0.29) is 5.75 Å². The van der Waals surface area contributed by atoms with Crippen molar-refractivity contribution in [3.8, 4) is 5.75 Å². The van der Waals surface area contributed by atoms with Gasteiger partial charge in [0.15, 0.2) is 6.10 Å². The maximum absolute atomic E-state index is 12.3. The number of ether oxygens (including phenoxy) is 1. The molecule has 2 rings (SSSR count). The molecule has 1 heterocycles. The highest BCUT2D eigenvalue weighted by atomic mass is 19.4. The Labute approximate surface area is 103 Å². The Morgan fingerprint density at radius 1 is 1.50 bits per heavy atom. The Kier molecular flexibility index (Phi) is 3.75. The lowest BCUT2D eigenvalue weighted by Gasteiger charge is -2.17. The van der Waals surface area contributed by atoms with Gasteiger partial charge in [-0.3, -0.25) is 4.98 Å². The Hall–Kier alpha value is -1.30. The second-order valence-corrected chi connectivity index (χ2v) is 4.44. The van der Waals surface area contributed by atoms with Crippen molar-refractivity contribution in [3.63, 3.8) is 0 Å². The van der Waals surface area contributed by atoms with E-state index < -0.39 is 12.3 Å². The number of pyridine rings is 1. The molecule has 1 saturated carbocycles. The van der Waals surface area contributed by atoms with Crippen molar-refractivity contribution in [2.75, 3.05) is 0 Å². The first kappa shape index (κ1) is 13.1. The van der Waals surface area contributed by atoms with Gasteiger partial charge in [-0.25, -0.2) is 0 Å². The van der Waals surface area contributed by atoms with E-state index in [0.717, 1.165) is 19.8 Å². The van der Waals surface area contributed by atoms with Gasteiger partial charge in [0.05, 0.1) is 5.69 Å². The van der Waals surface area contributed by atoms with Crippen molar-refractivity contribution in [1.29, 1.82) is 0 Å². The Morgan fingerprint density at radius 3 is 2.83 bits per heavy atom. The number of nitrogens with zero attached hydrogens (tertiary/aromatic N) is 1. The van der Waals surface area contributed by atoms with Crippen LogP contribution in [-0.2, 0) is 6.54 Å². The summed E-state index contributed by atoms with van der Waals surface area (Å²) in [6.45, 7) is 1.55. The first-order valence-electron chi connectivity index (χ1n) is 5.87. The molecule has 0 amide bonds. The quantitative estimate of drug-likeness (QED) is 0.883. The number of hydrogen-bond donors (Lipinski definition) is 1. The third kappa shape index (κ3) is 3.87. The van der Waals surface area contributed by atoms with Gasteiger partial charge in [-0.1, -0.05) is 0 Å². The van der Waals surface area contributed by atoms with E-state index in [1.54, 1.807) is 0 Å². The molecule has 1 aromatic rings. The van der Waals surface area contributed by atoms with Crippen molar-refractivity contribution < 1.29 is 17.9 Å². The maximum atomic E-state index is 12.3. The van der Waals surface area contributed by atoms with E-state index in [1.165, 1.54) is 18.3 Å². The van der Waals surface area contributed by atoms with Crippen LogP contribution in [-0.4, -0.2) is 23.3 Å². The molecule has 0 aliphatic heterocycles. The van der Waals surface area contributed by atoms with Gasteiger partial charge in [-0.05, 0) is 25.8 Å². The van der Waals surface area contributed by atoms with Gasteiger partial charge in [-0.15, -0.1) is 0 Å². The van der Waals surface area contributed by atoms with Crippen LogP contribution in [0.15, 0.2) is 18.3 Å². The third-order valence-electron chi connectivity index (χ3n) is 2.71. The molecule has 0 radical (unpaired) electrons. The summed E-state index contributed by atoms with van der Waals surface area (Å²) in [4.78, 5) is 4.08. The number of aromatic nitrogens is 1. The Bertz CT molecular complexity index is 405. The zero-order valence-corrected chi connectivity index (χ0v) is 10.00. The highest BCUT2D eigenvalue weighted by molar-refractivity contribution is 5.23. The maximum Gasteiger partial charge on any atom is 0.425 e. The minimum absolute atomic E-state index is 0.197. The van der Waals surface area contributed by atoms with Crippen LogP contribution in [0, 0.1) is 0 Å². The summed E-state index contributed by atoms with van der Waals surface area (Å²) < 4.78 is 41.9. The van der Waals surface area contributed by atoms with E-state index in [4.69, 9.17) is 4.74 Å². The molecule has 1 fully saturated rings. The summed E-state index contributed by atoms with van der Waals surface area (Å²) in [5, 5.41) is 3.24. The number of halogens is 3. The normalized spacial score (nSPS) is 17.6. The first-order chi connectivity index (χ1) is 8.45. The Balaban J connectivity index is 1.93. The van der Waals surface area contributed by atoms with Crippen molar-refractivity contribution in [2.24, 2.45) is 0 Å². The van der Waals surface area contributed by atoms with Crippen LogP contribution < -0.4 is 10.1 Å². The molecule has 1 N–H and O–H groups in total. The van der Waals surface area contributed by atoms with Crippen molar-refractivity contribution in [1.82, 2.24) is 10.3 Å². The molecular weight excluding hydrogens is 245 g/mol. The second kappa shape index (κ2) is 5.14. The summed E-state index contributed by atoms with van der Waals surface area (Å²) in [5.41, 5.74) is 0.689. The zero-order chi connectivity index (χ0) is 13.2. The van der Waals surface area contributed by atoms with Gasteiger partial charge in [-0.2, -0.15) is 13.2 Å². The fourth-order valence-electron chi connectivity index (χ4n) is 1.43. The lowest BCUT2D eigenvalue weighted by Crippen LogP contribution is -2.31. The van der Waals surface area contributed by atoms with Gasteiger partial charge in [0.25, 0.3) is 0 Å². The lowest BCUT2D eigenvalue weighted by molar-refractivity contribution is -0.189. The fraction of sp³-hybridized carbons (Fsp3) is 0.583. The van der Waals surface area contributed by atoms with E-state index in [2.05, 4.69) is 10.3 Å². The van der Waals surface area contributed by atoms with E-state index in [9.17, 15) is 13.2 Å². The summed E-state index contributed by atoms with van der Waals surface area (Å²) >= 11 is 0. The van der Waals surface area contributed by atoms with Crippen LogP contribution in [0.1, 0.15) is 25.5 Å². The molecule has 1 atom stereocenters. The molecule has 1 aliphatic rings. The number of rotatable bonds is 5. The Morgan fingerprint density at radius 2 is 2.22 bits per heavy atom. The SMILES string of the molecule is CC(Oc1ccnc(CNC2CC2)c1)C(F)(F)F. The molecule has 1 unspecified atom stereocenters. The predicted octanol–water partition coefficient (Wildman–Crippen LogP) is 2.66. The molecule has 3 nitrogen and oxygen atoms in total. The monoisotopic (exact) mass is 260 g/mol. The van der Waals surface area contributed by atoms with Crippen molar-refractivity contribution in [2.45, 2.75) is 44.6 Å². The van der Waals surface area contributed by atoms with Gasteiger partial charge in [0.1, 0.15) is 5.75 Å². The first-order valence-corrected chi connectivity index (χ1v) is 5.87. The predicted molar refractivity (Wildman–Crippen MR) is 60.2 cm³/mol. The summed E-state index contributed by atoms with van der Waals surface area (Å²) in [6.07, 6.45) is -2.40. The molecular formula is C12H15F3N2O. The van der Waals surface area contributed by atoms with Crippen LogP contribution in [0.4, 0.5) is 13.2 Å². The van der Waals surface area contributed by atoms with E-state index in [0.29, 0.717) is 18.3 Å². The average Bonchev–Trinajstić information content (AvgIpc) is 3.09. The molecule has 1 aromatic heterocycles. The zero-order valence-electron chi connectivity index (χ0n) is 10.00. The van der Waals surface area contributed by atoms with Crippen LogP contribution in [0.5, 0.6) is 5.75 Å². The molecule has 0 bridgehead atoms. The van der Waals surface area contributed by atoms with Gasteiger partial charge in [0, 0.05) is 24.8 Å². The molecule has 0 spiro atoms. The molecule has 1 aliphatic carbocycles. The molecule has 100 valence electrons. The van der Waals surface area contributed by atoms with Crippen molar-refractivity contribution in [3.05, 3.63) is 24.0 Å². The summed E-state index contributed by atoms with van der Waals surface area (Å²) in [6, 6.07) is 3.51. The van der Waals surface area contributed by atoms with Gasteiger partial charge >= 0.3 is 6.18 Å². The van der Waals surface area contributed by atoms with Gasteiger partial charge in [0.2, 0.25) is 0 Å². The smallest absolute Gasteiger partial charge is 0.425 e. The lowest BCUT2D eigenvalue weighted by atomic mass is 10.3. The highest BCUT2D eigenvalue weighted by Crippen LogP contribution is 2.25. The van der Waals surface area contributed by atoms with Crippen LogP contribution >= 0.6 is 0 Å². The standard InChI is InChI=1S/C12H15F3N2O/c1-8(12(13,14)15)18-11-4-5-16-10(6-11)7-17-9-2-3-9/h4-6,8-9,17H,2-3,7H2,1H3. The van der Waals surface area contributed by atoms with Crippen LogP contribution in [0.25, 0.3) is 0 Å². The van der Waals surface area contributed by atoms with E-state index >= 15 is 0 Å². The topological polar surface area (TPSA) is 34.1 Å². The summed E-state index contributed by atoms with van der Waals surface area (Å²) in [5.74, 6) is 0.197. The fourth-order valence-corrected chi connectivity index (χ4v) is 1.43. The number of hydrogen-bond acceptors (Lipinski definition) is 3.